The first-order valence-electron chi connectivity index (χ1n) is 11.3. The van der Waals surface area contributed by atoms with Crippen LogP contribution in [-0.2, 0) is 11.2 Å². The second-order valence-corrected chi connectivity index (χ2v) is 8.64. The van der Waals surface area contributed by atoms with E-state index in [0.717, 1.165) is 48.1 Å². The molecule has 4 rings (SSSR count). The summed E-state index contributed by atoms with van der Waals surface area (Å²) < 4.78 is 5.31. The molecule has 1 amide bonds. The highest BCUT2D eigenvalue weighted by atomic mass is 16.5. The van der Waals surface area contributed by atoms with Crippen molar-refractivity contribution in [3.05, 3.63) is 41.5 Å². The normalized spacial score (nSPS) is 19.5. The smallest absolute Gasteiger partial charge is 0.227 e. The van der Waals surface area contributed by atoms with Crippen molar-refractivity contribution in [2.24, 2.45) is 0 Å². The average molecular weight is 424 g/mol. The van der Waals surface area contributed by atoms with Crippen LogP contribution in [0, 0.1) is 6.92 Å². The van der Waals surface area contributed by atoms with Crippen LogP contribution in [-0.4, -0.2) is 66.9 Å². The number of hydrogen-bond donors (Lipinski definition) is 0. The number of aromatic nitrogens is 2. The van der Waals surface area contributed by atoms with Gasteiger partial charge in [0.2, 0.25) is 5.91 Å². The van der Waals surface area contributed by atoms with E-state index in [2.05, 4.69) is 39.1 Å². The van der Waals surface area contributed by atoms with Crippen LogP contribution >= 0.6 is 0 Å². The van der Waals surface area contributed by atoms with Crippen LogP contribution in [0.1, 0.15) is 37.3 Å². The summed E-state index contributed by atoms with van der Waals surface area (Å²) in [5.74, 6) is 2.89. The van der Waals surface area contributed by atoms with E-state index in [4.69, 9.17) is 4.74 Å². The topological polar surface area (TPSA) is 61.8 Å². The SMILES string of the molecule is COc1ccc(CC(=O)N2CCN(c3ccc(N4CCCCC4C)nn3)CC2)cc1C. The van der Waals surface area contributed by atoms with Crippen molar-refractivity contribution in [3.8, 4) is 5.75 Å². The van der Waals surface area contributed by atoms with E-state index >= 15 is 0 Å². The van der Waals surface area contributed by atoms with E-state index in [9.17, 15) is 4.79 Å². The molecule has 0 radical (unpaired) electrons. The molecule has 31 heavy (non-hydrogen) atoms. The number of nitrogens with zero attached hydrogens (tertiary/aromatic N) is 5. The third-order valence-electron chi connectivity index (χ3n) is 6.50. The van der Waals surface area contributed by atoms with E-state index in [1.54, 1.807) is 7.11 Å². The van der Waals surface area contributed by atoms with Crippen molar-refractivity contribution in [1.29, 1.82) is 0 Å². The number of hydrogen-bond acceptors (Lipinski definition) is 6. The second-order valence-electron chi connectivity index (χ2n) is 8.64. The zero-order valence-corrected chi connectivity index (χ0v) is 18.9. The van der Waals surface area contributed by atoms with Crippen LogP contribution in [0.25, 0.3) is 0 Å². The van der Waals surface area contributed by atoms with Crippen LogP contribution in [0.2, 0.25) is 0 Å². The van der Waals surface area contributed by atoms with Gasteiger partial charge in [-0.3, -0.25) is 4.79 Å². The highest BCUT2D eigenvalue weighted by Crippen LogP contribution is 2.24. The lowest BCUT2D eigenvalue weighted by molar-refractivity contribution is -0.130. The summed E-state index contributed by atoms with van der Waals surface area (Å²) in [7, 11) is 1.67. The first-order chi connectivity index (χ1) is 15.0. The number of anilines is 2. The minimum absolute atomic E-state index is 0.171. The number of carbonyl (C=O) groups is 1. The van der Waals surface area contributed by atoms with Crippen molar-refractivity contribution in [2.45, 2.75) is 45.6 Å². The minimum atomic E-state index is 0.171. The first kappa shape index (κ1) is 21.4. The molecule has 1 aromatic carbocycles. The number of rotatable bonds is 5. The van der Waals surface area contributed by atoms with Crippen molar-refractivity contribution in [2.75, 3.05) is 49.6 Å². The Kier molecular flexibility index (Phi) is 6.59. The molecular weight excluding hydrogens is 390 g/mol. The minimum Gasteiger partial charge on any atom is -0.496 e. The number of carbonyl (C=O) groups excluding carboxylic acids is 1. The number of piperidine rings is 1. The van der Waals surface area contributed by atoms with Crippen LogP contribution in [0.4, 0.5) is 11.6 Å². The molecule has 3 heterocycles. The number of aryl methyl sites for hydroxylation is 1. The Morgan fingerprint density at radius 2 is 1.77 bits per heavy atom. The van der Waals surface area contributed by atoms with Gasteiger partial charge in [0.05, 0.1) is 13.5 Å². The number of amides is 1. The predicted molar refractivity (Wildman–Crippen MR) is 123 cm³/mol. The third-order valence-corrected chi connectivity index (χ3v) is 6.50. The van der Waals surface area contributed by atoms with E-state index in [-0.39, 0.29) is 5.91 Å². The summed E-state index contributed by atoms with van der Waals surface area (Å²) in [5.41, 5.74) is 2.08. The van der Waals surface area contributed by atoms with Gasteiger partial charge in [-0.25, -0.2) is 0 Å². The summed E-state index contributed by atoms with van der Waals surface area (Å²) in [4.78, 5) is 19.3. The molecule has 2 saturated heterocycles. The molecule has 1 aromatic heterocycles. The standard InChI is InChI=1S/C24H33N5O2/c1-18-16-20(7-8-21(18)31-3)17-24(30)28-14-12-27(13-15-28)22-9-10-23(26-25-22)29-11-5-4-6-19(29)2/h7-10,16,19H,4-6,11-15,17H2,1-3H3. The maximum absolute atomic E-state index is 12.8. The number of ether oxygens (including phenoxy) is 1. The molecule has 2 aromatic rings. The quantitative estimate of drug-likeness (QED) is 0.737. The third kappa shape index (κ3) is 4.92. The van der Waals surface area contributed by atoms with Crippen molar-refractivity contribution < 1.29 is 9.53 Å². The van der Waals surface area contributed by atoms with Gasteiger partial charge in [0.15, 0.2) is 11.6 Å². The Bertz CT molecular complexity index is 893. The van der Waals surface area contributed by atoms with Crippen LogP contribution < -0.4 is 14.5 Å². The van der Waals surface area contributed by atoms with Gasteiger partial charge in [0, 0.05) is 38.8 Å². The largest absolute Gasteiger partial charge is 0.496 e. The molecule has 0 aliphatic carbocycles. The Morgan fingerprint density at radius 3 is 2.42 bits per heavy atom. The highest BCUT2D eigenvalue weighted by molar-refractivity contribution is 5.79. The van der Waals surface area contributed by atoms with Crippen molar-refractivity contribution >= 4 is 17.5 Å². The first-order valence-corrected chi connectivity index (χ1v) is 11.3. The molecule has 2 aliphatic heterocycles. The summed E-state index contributed by atoms with van der Waals surface area (Å²) in [6.07, 6.45) is 4.16. The van der Waals surface area contributed by atoms with Gasteiger partial charge in [-0.1, -0.05) is 12.1 Å². The summed E-state index contributed by atoms with van der Waals surface area (Å²) in [5, 5.41) is 9.00. The second kappa shape index (κ2) is 9.54. The van der Waals surface area contributed by atoms with Crippen molar-refractivity contribution in [3.63, 3.8) is 0 Å². The van der Waals surface area contributed by atoms with Gasteiger partial charge in [0.1, 0.15) is 5.75 Å². The lowest BCUT2D eigenvalue weighted by Crippen LogP contribution is -2.49. The van der Waals surface area contributed by atoms with E-state index in [1.807, 2.05) is 30.0 Å². The molecule has 0 N–H and O–H groups in total. The molecule has 0 bridgehead atoms. The summed E-state index contributed by atoms with van der Waals surface area (Å²) in [6.45, 7) is 8.30. The maximum atomic E-state index is 12.8. The fraction of sp³-hybridized carbons (Fsp3) is 0.542. The van der Waals surface area contributed by atoms with Gasteiger partial charge in [-0.15, -0.1) is 10.2 Å². The predicted octanol–water partition coefficient (Wildman–Crippen LogP) is 3.06. The Morgan fingerprint density at radius 1 is 1.03 bits per heavy atom. The number of methoxy groups -OCH3 is 1. The van der Waals surface area contributed by atoms with Crippen LogP contribution in [0.3, 0.4) is 0 Å². The lowest BCUT2D eigenvalue weighted by Gasteiger charge is -2.36. The molecule has 0 spiro atoms. The Labute approximate surface area is 185 Å². The van der Waals surface area contributed by atoms with Gasteiger partial charge in [0.25, 0.3) is 0 Å². The molecule has 1 atom stereocenters. The van der Waals surface area contributed by atoms with Gasteiger partial charge >= 0.3 is 0 Å². The number of benzene rings is 1. The lowest BCUT2D eigenvalue weighted by atomic mass is 10.0. The zero-order valence-electron chi connectivity index (χ0n) is 18.9. The monoisotopic (exact) mass is 423 g/mol. The summed E-state index contributed by atoms with van der Waals surface area (Å²) in [6, 6.07) is 10.6. The molecular formula is C24H33N5O2. The van der Waals surface area contributed by atoms with Gasteiger partial charge < -0.3 is 19.4 Å². The average Bonchev–Trinajstić information content (AvgIpc) is 2.80. The van der Waals surface area contributed by atoms with Gasteiger partial charge in [-0.2, -0.15) is 0 Å². The van der Waals surface area contributed by atoms with E-state index < -0.39 is 0 Å². The Balaban J connectivity index is 1.31. The van der Waals surface area contributed by atoms with E-state index in [1.165, 1.54) is 19.3 Å². The van der Waals surface area contributed by atoms with Gasteiger partial charge in [-0.05, 0) is 62.4 Å². The van der Waals surface area contributed by atoms with Crippen molar-refractivity contribution in [1.82, 2.24) is 15.1 Å². The molecule has 2 aliphatic rings. The molecule has 7 heteroatoms. The molecule has 7 nitrogen and oxygen atoms in total. The maximum Gasteiger partial charge on any atom is 0.227 e. The molecule has 0 saturated carbocycles. The number of piperazine rings is 1. The highest BCUT2D eigenvalue weighted by Gasteiger charge is 2.24. The van der Waals surface area contributed by atoms with E-state index in [0.29, 0.717) is 25.6 Å². The molecule has 1 unspecified atom stereocenters. The fourth-order valence-electron chi connectivity index (χ4n) is 4.60. The van der Waals surface area contributed by atoms with Crippen LogP contribution in [0.5, 0.6) is 5.75 Å². The Hall–Kier alpha value is -2.83. The summed E-state index contributed by atoms with van der Waals surface area (Å²) >= 11 is 0. The zero-order chi connectivity index (χ0) is 21.8. The molecule has 2 fully saturated rings. The fourth-order valence-corrected chi connectivity index (χ4v) is 4.60. The molecule has 166 valence electrons. The van der Waals surface area contributed by atoms with Crippen LogP contribution in [0.15, 0.2) is 30.3 Å².